The molecule has 0 aliphatic heterocycles. The first kappa shape index (κ1) is 18.3. The Hall–Kier alpha value is -3.04. The summed E-state index contributed by atoms with van der Waals surface area (Å²) < 4.78 is 1.84. The van der Waals surface area contributed by atoms with Crippen molar-refractivity contribution in [2.75, 3.05) is 7.05 Å². The summed E-state index contributed by atoms with van der Waals surface area (Å²) in [5, 5.41) is 20.9. The highest BCUT2D eigenvalue weighted by atomic mass is 35.5. The van der Waals surface area contributed by atoms with Crippen molar-refractivity contribution in [3.63, 3.8) is 0 Å². The van der Waals surface area contributed by atoms with Gasteiger partial charge in [-0.2, -0.15) is 5.26 Å². The van der Waals surface area contributed by atoms with Gasteiger partial charge in [-0.3, -0.25) is 4.79 Å². The second-order valence-electron chi connectivity index (χ2n) is 5.38. The summed E-state index contributed by atoms with van der Waals surface area (Å²) in [6, 6.07) is 8.43. The molecule has 0 saturated carbocycles. The fourth-order valence-corrected chi connectivity index (χ4v) is 2.78. The van der Waals surface area contributed by atoms with Crippen LogP contribution in [0.2, 0.25) is 5.02 Å². The maximum atomic E-state index is 11.7. The maximum absolute atomic E-state index is 11.7. The van der Waals surface area contributed by atoms with Crippen molar-refractivity contribution in [2.24, 2.45) is 0 Å². The third kappa shape index (κ3) is 3.57. The number of hydrogen-bond acceptors (Lipinski definition) is 3. The monoisotopic (exact) mass is 357 g/mol. The number of carboxylic acid groups (broad SMARTS) is 1. The van der Waals surface area contributed by atoms with Gasteiger partial charge in [0, 0.05) is 24.1 Å². The first-order valence-electron chi connectivity index (χ1n) is 7.36. The smallest absolute Gasteiger partial charge is 0.337 e. The third-order valence-corrected chi connectivity index (χ3v) is 4.13. The van der Waals surface area contributed by atoms with E-state index in [2.05, 4.69) is 5.32 Å². The first-order chi connectivity index (χ1) is 11.8. The Labute approximate surface area is 150 Å². The molecule has 0 unspecified atom stereocenters. The number of likely N-dealkylation sites (N-methyl/N-ethyl adjacent to an activating group) is 1. The van der Waals surface area contributed by atoms with E-state index in [4.69, 9.17) is 16.9 Å². The van der Waals surface area contributed by atoms with Crippen molar-refractivity contribution < 1.29 is 14.7 Å². The Balaban J connectivity index is 2.60. The SMILES string of the molecule is CNC(=O)/C(C#N)=C\c1cc(C)n(-c2ccc(Cl)c(C(=O)O)c2)c1C. The molecule has 0 atom stereocenters. The highest BCUT2D eigenvalue weighted by Gasteiger charge is 2.15. The van der Waals surface area contributed by atoms with Gasteiger partial charge in [0.1, 0.15) is 11.6 Å². The van der Waals surface area contributed by atoms with E-state index in [1.54, 1.807) is 6.07 Å². The lowest BCUT2D eigenvalue weighted by Gasteiger charge is -2.11. The molecule has 0 radical (unpaired) electrons. The highest BCUT2D eigenvalue weighted by Crippen LogP contribution is 2.26. The normalized spacial score (nSPS) is 11.1. The lowest BCUT2D eigenvalue weighted by molar-refractivity contribution is -0.116. The number of carbonyl (C=O) groups excluding carboxylic acids is 1. The number of benzene rings is 1. The Morgan fingerprint density at radius 3 is 2.56 bits per heavy atom. The summed E-state index contributed by atoms with van der Waals surface area (Å²) in [5.41, 5.74) is 2.93. The van der Waals surface area contributed by atoms with Crippen LogP contribution in [0.4, 0.5) is 0 Å². The summed E-state index contributed by atoms with van der Waals surface area (Å²) in [7, 11) is 1.46. The molecule has 7 heteroatoms. The predicted molar refractivity (Wildman–Crippen MR) is 94.9 cm³/mol. The van der Waals surface area contributed by atoms with Crippen molar-refractivity contribution in [3.8, 4) is 11.8 Å². The van der Waals surface area contributed by atoms with Crippen LogP contribution in [0.3, 0.4) is 0 Å². The van der Waals surface area contributed by atoms with Gasteiger partial charge in [-0.05, 0) is 49.8 Å². The molecule has 0 bridgehead atoms. The zero-order chi connectivity index (χ0) is 18.7. The van der Waals surface area contributed by atoms with Gasteiger partial charge in [-0.1, -0.05) is 11.6 Å². The van der Waals surface area contributed by atoms with Gasteiger partial charge in [0.25, 0.3) is 5.91 Å². The number of amides is 1. The summed E-state index contributed by atoms with van der Waals surface area (Å²) in [6.07, 6.45) is 1.51. The molecular formula is C18H16ClN3O3. The minimum Gasteiger partial charge on any atom is -0.478 e. The van der Waals surface area contributed by atoms with E-state index >= 15 is 0 Å². The number of carbonyl (C=O) groups is 2. The molecule has 0 spiro atoms. The maximum Gasteiger partial charge on any atom is 0.337 e. The average molecular weight is 358 g/mol. The molecule has 128 valence electrons. The molecule has 0 aliphatic rings. The molecule has 0 fully saturated rings. The van der Waals surface area contributed by atoms with Crippen LogP contribution in [0.25, 0.3) is 11.8 Å². The summed E-state index contributed by atoms with van der Waals surface area (Å²) >= 11 is 5.92. The van der Waals surface area contributed by atoms with Crippen LogP contribution in [0, 0.1) is 25.2 Å². The topological polar surface area (TPSA) is 95.1 Å². The van der Waals surface area contributed by atoms with Crippen LogP contribution >= 0.6 is 11.6 Å². The number of carboxylic acids is 1. The third-order valence-electron chi connectivity index (χ3n) is 3.80. The van der Waals surface area contributed by atoms with E-state index in [1.165, 1.54) is 25.3 Å². The largest absolute Gasteiger partial charge is 0.478 e. The highest BCUT2D eigenvalue weighted by molar-refractivity contribution is 6.33. The van der Waals surface area contributed by atoms with Crippen LogP contribution in [-0.2, 0) is 4.79 Å². The number of hydrogen-bond donors (Lipinski definition) is 2. The number of aromatic carboxylic acids is 1. The number of nitrogens with one attached hydrogen (secondary N) is 1. The number of nitriles is 1. The molecule has 1 aromatic heterocycles. The van der Waals surface area contributed by atoms with Gasteiger partial charge >= 0.3 is 5.97 Å². The van der Waals surface area contributed by atoms with Gasteiger partial charge in [0.2, 0.25) is 0 Å². The minimum atomic E-state index is -1.11. The molecule has 1 heterocycles. The van der Waals surface area contributed by atoms with Crippen LogP contribution < -0.4 is 5.32 Å². The van der Waals surface area contributed by atoms with Crippen molar-refractivity contribution in [1.29, 1.82) is 5.26 Å². The van der Waals surface area contributed by atoms with E-state index in [0.717, 1.165) is 11.4 Å². The number of nitrogens with zero attached hydrogens (tertiary/aromatic N) is 2. The molecule has 2 N–H and O–H groups in total. The van der Waals surface area contributed by atoms with E-state index in [0.29, 0.717) is 11.3 Å². The molecule has 1 amide bonds. The van der Waals surface area contributed by atoms with Crippen LogP contribution in [0.1, 0.15) is 27.3 Å². The van der Waals surface area contributed by atoms with Crippen molar-refractivity contribution >= 4 is 29.6 Å². The Morgan fingerprint density at radius 2 is 2.00 bits per heavy atom. The molecular weight excluding hydrogens is 342 g/mol. The number of aryl methyl sites for hydroxylation is 1. The molecule has 2 aromatic rings. The van der Waals surface area contributed by atoms with Gasteiger partial charge in [0.05, 0.1) is 10.6 Å². The van der Waals surface area contributed by atoms with Gasteiger partial charge in [-0.25, -0.2) is 4.79 Å². The molecule has 2 rings (SSSR count). The zero-order valence-electron chi connectivity index (χ0n) is 13.9. The second-order valence-corrected chi connectivity index (χ2v) is 5.79. The standard InChI is InChI=1S/C18H16ClN3O3/c1-10-6-12(7-13(9-20)17(23)21-3)11(2)22(10)14-4-5-16(19)15(8-14)18(24)25/h4-8H,1-3H3,(H,21,23)(H,24,25)/b13-7-. The number of rotatable bonds is 4. The predicted octanol–water partition coefficient (Wildman–Crippen LogP) is 3.10. The Kier molecular flexibility index (Phi) is 5.30. The van der Waals surface area contributed by atoms with Crippen LogP contribution in [0.5, 0.6) is 0 Å². The molecule has 0 aliphatic carbocycles. The second kappa shape index (κ2) is 7.24. The molecule has 25 heavy (non-hydrogen) atoms. The van der Waals surface area contributed by atoms with Gasteiger partial charge in [0.15, 0.2) is 0 Å². The van der Waals surface area contributed by atoms with Gasteiger partial charge in [-0.15, -0.1) is 0 Å². The number of aromatic nitrogens is 1. The summed E-state index contributed by atoms with van der Waals surface area (Å²) in [5.74, 6) is -1.58. The Bertz CT molecular complexity index is 936. The summed E-state index contributed by atoms with van der Waals surface area (Å²) in [6.45, 7) is 3.68. The first-order valence-corrected chi connectivity index (χ1v) is 7.74. The minimum absolute atomic E-state index is 0.00633. The van der Waals surface area contributed by atoms with E-state index in [9.17, 15) is 14.7 Å². The van der Waals surface area contributed by atoms with Crippen LogP contribution in [-0.4, -0.2) is 28.6 Å². The van der Waals surface area contributed by atoms with Gasteiger partial charge < -0.3 is 15.0 Å². The Morgan fingerprint density at radius 1 is 1.32 bits per heavy atom. The zero-order valence-corrected chi connectivity index (χ0v) is 14.7. The van der Waals surface area contributed by atoms with E-state index in [-0.39, 0.29) is 16.2 Å². The quantitative estimate of drug-likeness (QED) is 0.649. The lowest BCUT2D eigenvalue weighted by Crippen LogP contribution is -2.19. The lowest BCUT2D eigenvalue weighted by atomic mass is 10.1. The molecule has 1 aromatic carbocycles. The number of halogens is 1. The van der Waals surface area contributed by atoms with E-state index < -0.39 is 11.9 Å². The molecule has 6 nitrogen and oxygen atoms in total. The average Bonchev–Trinajstić information content (AvgIpc) is 2.86. The fraction of sp³-hybridized carbons (Fsp3) is 0.167. The van der Waals surface area contributed by atoms with Crippen molar-refractivity contribution in [1.82, 2.24) is 9.88 Å². The molecule has 0 saturated heterocycles. The van der Waals surface area contributed by atoms with Crippen LogP contribution in [0.15, 0.2) is 29.8 Å². The fourth-order valence-electron chi connectivity index (χ4n) is 2.59. The van der Waals surface area contributed by atoms with Crippen molar-refractivity contribution in [3.05, 3.63) is 57.4 Å². The summed E-state index contributed by atoms with van der Waals surface area (Å²) in [4.78, 5) is 23.0. The van der Waals surface area contributed by atoms with E-state index in [1.807, 2.05) is 30.6 Å². The van der Waals surface area contributed by atoms with Crippen molar-refractivity contribution in [2.45, 2.75) is 13.8 Å².